The molecule has 0 aliphatic heterocycles. The molecule has 1 heterocycles. The van der Waals surface area contributed by atoms with Crippen molar-refractivity contribution < 1.29 is 14.7 Å². The van der Waals surface area contributed by atoms with Crippen LogP contribution in [0.5, 0.6) is 0 Å². The molecule has 1 aromatic rings. The average Bonchev–Trinajstić information content (AvgIpc) is 2.74. The smallest absolute Gasteiger partial charge is 0.307 e. The van der Waals surface area contributed by atoms with Crippen LogP contribution in [-0.2, 0) is 22.4 Å². The Hall–Kier alpha value is -1.43. The van der Waals surface area contributed by atoms with E-state index in [2.05, 4.69) is 17.2 Å². The number of amides is 1. The number of aryl methyl sites for hydroxylation is 1. The maximum atomic E-state index is 11.8. The predicted molar refractivity (Wildman–Crippen MR) is 72.1 cm³/mol. The van der Waals surface area contributed by atoms with Gasteiger partial charge >= 0.3 is 5.97 Å². The fourth-order valence-corrected chi connectivity index (χ4v) is 3.02. The molecule has 2 atom stereocenters. The summed E-state index contributed by atoms with van der Waals surface area (Å²) in [5.74, 6) is -1.84. The fraction of sp³-hybridized carbons (Fsp3) is 0.615. The molecule has 1 amide bonds. The van der Waals surface area contributed by atoms with Gasteiger partial charge in [-0.1, -0.05) is 6.92 Å². The number of nitrogens with one attached hydrogen (secondary N) is 1. The minimum Gasteiger partial charge on any atom is -0.481 e. The van der Waals surface area contributed by atoms with E-state index in [0.717, 1.165) is 11.4 Å². The van der Waals surface area contributed by atoms with Gasteiger partial charge < -0.3 is 10.4 Å². The number of carboxylic acid groups (broad SMARTS) is 1. The molecule has 0 saturated heterocycles. The van der Waals surface area contributed by atoms with Crippen molar-refractivity contribution in [3.05, 3.63) is 16.1 Å². The topological polar surface area (TPSA) is 79.3 Å². The second-order valence-corrected chi connectivity index (χ2v) is 5.94. The first-order valence-corrected chi connectivity index (χ1v) is 7.37. The molecule has 0 bridgehead atoms. The van der Waals surface area contributed by atoms with Crippen molar-refractivity contribution in [3.8, 4) is 0 Å². The van der Waals surface area contributed by atoms with E-state index in [1.807, 2.05) is 6.20 Å². The van der Waals surface area contributed by atoms with Crippen LogP contribution in [0.3, 0.4) is 0 Å². The molecule has 2 N–H and O–H groups in total. The third-order valence-electron chi connectivity index (χ3n) is 3.52. The van der Waals surface area contributed by atoms with Crippen LogP contribution in [0.2, 0.25) is 0 Å². The van der Waals surface area contributed by atoms with Gasteiger partial charge in [0.15, 0.2) is 0 Å². The molecule has 1 fully saturated rings. The Morgan fingerprint density at radius 2 is 2.21 bits per heavy atom. The molecule has 0 radical (unpaired) electrons. The maximum absolute atomic E-state index is 11.8. The lowest BCUT2D eigenvalue weighted by molar-refractivity contribution is -0.152. The van der Waals surface area contributed by atoms with Crippen molar-refractivity contribution in [2.24, 2.45) is 11.8 Å². The van der Waals surface area contributed by atoms with E-state index in [-0.39, 0.29) is 11.8 Å². The minimum atomic E-state index is -0.862. The Kier molecular flexibility index (Phi) is 4.52. The number of carbonyl (C=O) groups is 2. The average molecular weight is 282 g/mol. The van der Waals surface area contributed by atoms with E-state index in [0.29, 0.717) is 25.8 Å². The van der Waals surface area contributed by atoms with Crippen molar-refractivity contribution in [3.63, 3.8) is 0 Å². The number of hydrogen-bond donors (Lipinski definition) is 2. The van der Waals surface area contributed by atoms with Crippen LogP contribution in [0, 0.1) is 11.8 Å². The van der Waals surface area contributed by atoms with Gasteiger partial charge in [-0.15, -0.1) is 11.3 Å². The van der Waals surface area contributed by atoms with E-state index < -0.39 is 11.9 Å². The molecule has 1 aliphatic carbocycles. The number of rotatable bonds is 6. The van der Waals surface area contributed by atoms with E-state index in [4.69, 9.17) is 5.11 Å². The predicted octanol–water partition coefficient (Wildman–Crippen LogP) is 1.48. The zero-order chi connectivity index (χ0) is 13.8. The Balaban J connectivity index is 1.73. The van der Waals surface area contributed by atoms with Crippen molar-refractivity contribution in [1.82, 2.24) is 10.3 Å². The Labute approximate surface area is 116 Å². The van der Waals surface area contributed by atoms with E-state index in [1.165, 1.54) is 4.88 Å². The Morgan fingerprint density at radius 1 is 1.47 bits per heavy atom. The minimum absolute atomic E-state index is 0.133. The van der Waals surface area contributed by atoms with Gasteiger partial charge in [0, 0.05) is 24.0 Å². The summed E-state index contributed by atoms with van der Waals surface area (Å²) in [7, 11) is 0. The first kappa shape index (κ1) is 14.0. The number of hydrogen-bond acceptors (Lipinski definition) is 4. The van der Waals surface area contributed by atoms with Gasteiger partial charge in [-0.3, -0.25) is 9.59 Å². The second kappa shape index (κ2) is 6.14. The molecule has 1 aliphatic rings. The van der Waals surface area contributed by atoms with Gasteiger partial charge in [0.1, 0.15) is 0 Å². The summed E-state index contributed by atoms with van der Waals surface area (Å²) in [5, 5.41) is 12.7. The van der Waals surface area contributed by atoms with E-state index >= 15 is 0 Å². The van der Waals surface area contributed by atoms with Crippen LogP contribution in [0.25, 0.3) is 0 Å². The summed E-state index contributed by atoms with van der Waals surface area (Å²) in [4.78, 5) is 28.2. The fourth-order valence-electron chi connectivity index (χ4n) is 2.16. The lowest BCUT2D eigenvalue weighted by Gasteiger charge is -2.31. The van der Waals surface area contributed by atoms with Crippen LogP contribution >= 0.6 is 11.3 Å². The van der Waals surface area contributed by atoms with E-state index in [1.54, 1.807) is 11.3 Å². The first-order chi connectivity index (χ1) is 9.11. The van der Waals surface area contributed by atoms with Gasteiger partial charge in [-0.2, -0.15) is 0 Å². The van der Waals surface area contributed by atoms with Gasteiger partial charge in [-0.05, 0) is 19.3 Å². The van der Waals surface area contributed by atoms with Crippen LogP contribution in [0.4, 0.5) is 0 Å². The quantitative estimate of drug-likeness (QED) is 0.828. The summed E-state index contributed by atoms with van der Waals surface area (Å²) < 4.78 is 0. The molecule has 0 spiro atoms. The summed E-state index contributed by atoms with van der Waals surface area (Å²) in [6.07, 6.45) is 4.85. The van der Waals surface area contributed by atoms with Crippen LogP contribution < -0.4 is 5.32 Å². The van der Waals surface area contributed by atoms with Crippen molar-refractivity contribution in [2.45, 2.75) is 32.6 Å². The third kappa shape index (κ3) is 3.32. The van der Waals surface area contributed by atoms with Crippen LogP contribution in [-0.4, -0.2) is 28.5 Å². The summed E-state index contributed by atoms with van der Waals surface area (Å²) in [5.41, 5.74) is 0. The highest BCUT2D eigenvalue weighted by Gasteiger charge is 2.41. The molecular formula is C13H18N2O3S. The monoisotopic (exact) mass is 282 g/mol. The van der Waals surface area contributed by atoms with E-state index in [9.17, 15) is 9.59 Å². The van der Waals surface area contributed by atoms with Crippen LogP contribution in [0.15, 0.2) is 6.20 Å². The molecule has 2 unspecified atom stereocenters. The van der Waals surface area contributed by atoms with Gasteiger partial charge in [-0.25, -0.2) is 4.98 Å². The summed E-state index contributed by atoms with van der Waals surface area (Å²) in [6.45, 7) is 2.61. The highest BCUT2D eigenvalue weighted by Crippen LogP contribution is 2.34. The van der Waals surface area contributed by atoms with Crippen molar-refractivity contribution in [2.75, 3.05) is 6.54 Å². The number of carbonyl (C=O) groups excluding carboxylic acids is 1. The zero-order valence-electron chi connectivity index (χ0n) is 10.9. The van der Waals surface area contributed by atoms with Gasteiger partial charge in [0.2, 0.25) is 5.91 Å². The number of thiazole rings is 1. The lowest BCUT2D eigenvalue weighted by atomic mass is 9.73. The lowest BCUT2D eigenvalue weighted by Crippen LogP contribution is -2.44. The highest BCUT2D eigenvalue weighted by atomic mass is 32.1. The third-order valence-corrected chi connectivity index (χ3v) is 4.72. The molecule has 2 rings (SSSR count). The molecule has 5 nitrogen and oxygen atoms in total. The number of aliphatic carboxylic acids is 1. The Bertz CT molecular complexity index is 472. The van der Waals surface area contributed by atoms with Gasteiger partial charge in [0.05, 0.1) is 16.8 Å². The SMILES string of the molecule is CCc1cnc(CCNC(=O)C2CCC2C(=O)O)s1. The van der Waals surface area contributed by atoms with Gasteiger partial charge in [0.25, 0.3) is 0 Å². The number of aromatic nitrogens is 1. The Morgan fingerprint density at radius 3 is 2.74 bits per heavy atom. The summed E-state index contributed by atoms with van der Waals surface area (Å²) in [6, 6.07) is 0. The normalized spacial score (nSPS) is 21.7. The molecule has 1 saturated carbocycles. The number of carboxylic acids is 1. The molecular weight excluding hydrogens is 264 g/mol. The zero-order valence-corrected chi connectivity index (χ0v) is 11.7. The second-order valence-electron chi connectivity index (χ2n) is 4.74. The largest absolute Gasteiger partial charge is 0.481 e. The standard InChI is InChI=1S/C13H18N2O3S/c1-2-8-7-15-11(19-8)5-6-14-12(16)9-3-4-10(9)13(17)18/h7,9-10H,2-6H2,1H3,(H,14,16)(H,17,18). The van der Waals surface area contributed by atoms with Crippen LogP contribution in [0.1, 0.15) is 29.7 Å². The van der Waals surface area contributed by atoms with Crippen molar-refractivity contribution in [1.29, 1.82) is 0 Å². The summed E-state index contributed by atoms with van der Waals surface area (Å²) >= 11 is 1.66. The maximum Gasteiger partial charge on any atom is 0.307 e. The molecule has 104 valence electrons. The first-order valence-electron chi connectivity index (χ1n) is 6.56. The molecule has 6 heteroatoms. The molecule has 19 heavy (non-hydrogen) atoms. The highest BCUT2D eigenvalue weighted by molar-refractivity contribution is 7.11. The molecule has 1 aromatic heterocycles. The molecule has 0 aromatic carbocycles. The van der Waals surface area contributed by atoms with Crippen molar-refractivity contribution >= 4 is 23.2 Å². The number of nitrogens with zero attached hydrogens (tertiary/aromatic N) is 1.